The fourth-order valence-corrected chi connectivity index (χ4v) is 2.89. The molecule has 0 spiro atoms. The van der Waals surface area contributed by atoms with Crippen molar-refractivity contribution >= 4 is 5.97 Å². The molecule has 110 valence electrons. The second-order valence-corrected chi connectivity index (χ2v) is 5.40. The summed E-state index contributed by atoms with van der Waals surface area (Å²) < 4.78 is 38.1. The molecule has 1 aliphatic rings. The summed E-state index contributed by atoms with van der Waals surface area (Å²) in [5, 5.41) is 9.30. The minimum Gasteiger partial charge on any atom is -0.481 e. The average molecular weight is 286 g/mol. The molecule has 1 saturated carbocycles. The van der Waals surface area contributed by atoms with Gasteiger partial charge in [-0.05, 0) is 24.0 Å². The molecule has 1 atom stereocenters. The van der Waals surface area contributed by atoms with Crippen molar-refractivity contribution in [2.45, 2.75) is 44.2 Å². The largest absolute Gasteiger partial charge is 0.481 e. The van der Waals surface area contributed by atoms with Crippen LogP contribution in [0.3, 0.4) is 0 Å². The number of hydrogen-bond acceptors (Lipinski definition) is 1. The predicted octanol–water partition coefficient (Wildman–Crippen LogP) is 4.45. The van der Waals surface area contributed by atoms with E-state index in [1.165, 1.54) is 12.1 Å². The van der Waals surface area contributed by atoms with Crippen molar-refractivity contribution in [2.75, 3.05) is 0 Å². The lowest BCUT2D eigenvalue weighted by atomic mass is 9.87. The Bertz CT molecular complexity index is 476. The Hall–Kier alpha value is -1.52. The molecule has 0 aliphatic heterocycles. The summed E-state index contributed by atoms with van der Waals surface area (Å²) in [6.45, 7) is 0. The van der Waals surface area contributed by atoms with E-state index in [1.807, 2.05) is 0 Å². The molecule has 0 radical (unpaired) electrons. The standard InChI is InChI=1S/C15H17F3O2/c16-15(17,18)12-7-3-6-11(9-12)13(14(19)20)8-10-4-1-2-5-10/h3,6-7,9-10,13H,1-2,4-5,8H2,(H,19,20). The van der Waals surface area contributed by atoms with Gasteiger partial charge in [0.15, 0.2) is 0 Å². The van der Waals surface area contributed by atoms with Crippen LogP contribution in [0, 0.1) is 5.92 Å². The maximum Gasteiger partial charge on any atom is 0.416 e. The summed E-state index contributed by atoms with van der Waals surface area (Å²) >= 11 is 0. The van der Waals surface area contributed by atoms with Crippen LogP contribution in [-0.4, -0.2) is 11.1 Å². The smallest absolute Gasteiger partial charge is 0.416 e. The number of rotatable bonds is 4. The molecule has 1 aliphatic carbocycles. The number of carboxylic acids is 1. The van der Waals surface area contributed by atoms with Crippen molar-refractivity contribution in [3.05, 3.63) is 35.4 Å². The first kappa shape index (κ1) is 14.9. The van der Waals surface area contributed by atoms with Gasteiger partial charge >= 0.3 is 12.1 Å². The summed E-state index contributed by atoms with van der Waals surface area (Å²) in [4.78, 5) is 11.4. The normalized spacial score (nSPS) is 18.1. The molecule has 1 aromatic carbocycles. The van der Waals surface area contributed by atoms with Gasteiger partial charge in [-0.25, -0.2) is 0 Å². The molecule has 1 fully saturated rings. The van der Waals surface area contributed by atoms with Crippen LogP contribution in [0.25, 0.3) is 0 Å². The zero-order chi connectivity index (χ0) is 14.8. The van der Waals surface area contributed by atoms with Crippen molar-refractivity contribution < 1.29 is 23.1 Å². The Balaban J connectivity index is 2.22. The molecule has 5 heteroatoms. The lowest BCUT2D eigenvalue weighted by Gasteiger charge is -2.18. The summed E-state index contributed by atoms with van der Waals surface area (Å²) in [6.07, 6.45) is 0.105. The number of hydrogen-bond donors (Lipinski definition) is 1. The number of carboxylic acid groups (broad SMARTS) is 1. The predicted molar refractivity (Wildman–Crippen MR) is 68.4 cm³/mol. The fourth-order valence-electron chi connectivity index (χ4n) is 2.89. The molecule has 20 heavy (non-hydrogen) atoms. The highest BCUT2D eigenvalue weighted by atomic mass is 19.4. The van der Waals surface area contributed by atoms with Gasteiger partial charge in [0.25, 0.3) is 0 Å². The number of alkyl halides is 3. The summed E-state index contributed by atoms with van der Waals surface area (Å²) in [6, 6.07) is 4.69. The Kier molecular flexibility index (Phi) is 4.35. The fraction of sp³-hybridized carbons (Fsp3) is 0.533. The minimum atomic E-state index is -4.44. The third kappa shape index (κ3) is 3.52. The van der Waals surface area contributed by atoms with Crippen LogP contribution in [0.1, 0.15) is 49.1 Å². The first-order chi connectivity index (χ1) is 9.38. The Morgan fingerprint density at radius 3 is 2.50 bits per heavy atom. The maximum atomic E-state index is 12.7. The second kappa shape index (κ2) is 5.85. The molecular formula is C15H17F3O2. The molecule has 0 amide bonds. The molecule has 2 nitrogen and oxygen atoms in total. The first-order valence-electron chi connectivity index (χ1n) is 6.78. The van der Waals surface area contributed by atoms with E-state index < -0.39 is 23.6 Å². The van der Waals surface area contributed by atoms with Crippen molar-refractivity contribution in [3.8, 4) is 0 Å². The quantitative estimate of drug-likeness (QED) is 0.887. The highest BCUT2D eigenvalue weighted by Gasteiger charge is 2.32. The molecule has 1 unspecified atom stereocenters. The Morgan fingerprint density at radius 2 is 1.95 bits per heavy atom. The lowest BCUT2D eigenvalue weighted by Crippen LogP contribution is -2.16. The number of aliphatic carboxylic acids is 1. The van der Waals surface area contributed by atoms with Crippen LogP contribution in [0.4, 0.5) is 13.2 Å². The molecule has 1 aromatic rings. The zero-order valence-corrected chi connectivity index (χ0v) is 11.0. The van der Waals surface area contributed by atoms with E-state index >= 15 is 0 Å². The molecule has 0 saturated heterocycles. The van der Waals surface area contributed by atoms with Gasteiger partial charge in [0.05, 0.1) is 11.5 Å². The summed E-state index contributed by atoms with van der Waals surface area (Å²) in [5.74, 6) is -1.58. The molecule has 0 heterocycles. The van der Waals surface area contributed by atoms with E-state index in [2.05, 4.69) is 0 Å². The van der Waals surface area contributed by atoms with Gasteiger partial charge in [-0.3, -0.25) is 4.79 Å². The van der Waals surface area contributed by atoms with Crippen LogP contribution in [0.2, 0.25) is 0 Å². The van der Waals surface area contributed by atoms with Crippen LogP contribution in [-0.2, 0) is 11.0 Å². The Labute approximate surface area is 115 Å². The van der Waals surface area contributed by atoms with Gasteiger partial charge in [0.1, 0.15) is 0 Å². The van der Waals surface area contributed by atoms with E-state index in [0.717, 1.165) is 37.8 Å². The third-order valence-corrected chi connectivity index (χ3v) is 3.96. The van der Waals surface area contributed by atoms with E-state index in [1.54, 1.807) is 0 Å². The Morgan fingerprint density at radius 1 is 1.30 bits per heavy atom. The maximum absolute atomic E-state index is 12.7. The average Bonchev–Trinajstić information content (AvgIpc) is 2.87. The third-order valence-electron chi connectivity index (χ3n) is 3.96. The van der Waals surface area contributed by atoms with Crippen LogP contribution >= 0.6 is 0 Å². The topological polar surface area (TPSA) is 37.3 Å². The van der Waals surface area contributed by atoms with Gasteiger partial charge in [-0.2, -0.15) is 13.2 Å². The van der Waals surface area contributed by atoms with Crippen molar-refractivity contribution in [1.82, 2.24) is 0 Å². The van der Waals surface area contributed by atoms with Crippen molar-refractivity contribution in [3.63, 3.8) is 0 Å². The van der Waals surface area contributed by atoms with Gasteiger partial charge in [0, 0.05) is 0 Å². The van der Waals surface area contributed by atoms with Crippen LogP contribution < -0.4 is 0 Å². The summed E-state index contributed by atoms with van der Waals surface area (Å²) in [7, 11) is 0. The molecule has 1 N–H and O–H groups in total. The molecule has 0 bridgehead atoms. The van der Waals surface area contributed by atoms with Gasteiger partial charge in [-0.15, -0.1) is 0 Å². The van der Waals surface area contributed by atoms with E-state index in [-0.39, 0.29) is 5.56 Å². The SMILES string of the molecule is O=C(O)C(CC1CCCC1)c1cccc(C(F)(F)F)c1. The lowest BCUT2D eigenvalue weighted by molar-refractivity contribution is -0.140. The summed E-state index contributed by atoms with van der Waals surface area (Å²) in [5.41, 5.74) is -0.535. The highest BCUT2D eigenvalue weighted by Crippen LogP contribution is 2.36. The highest BCUT2D eigenvalue weighted by molar-refractivity contribution is 5.76. The molecular weight excluding hydrogens is 269 g/mol. The van der Waals surface area contributed by atoms with Gasteiger partial charge < -0.3 is 5.11 Å². The molecule has 2 rings (SSSR count). The van der Waals surface area contributed by atoms with Gasteiger partial charge in [-0.1, -0.05) is 43.9 Å². The van der Waals surface area contributed by atoms with Crippen molar-refractivity contribution in [2.24, 2.45) is 5.92 Å². The number of carbonyl (C=O) groups is 1. The first-order valence-corrected chi connectivity index (χ1v) is 6.78. The van der Waals surface area contributed by atoms with Crippen molar-refractivity contribution in [1.29, 1.82) is 0 Å². The van der Waals surface area contributed by atoms with Crippen LogP contribution in [0.15, 0.2) is 24.3 Å². The van der Waals surface area contributed by atoms with Gasteiger partial charge in [0.2, 0.25) is 0 Å². The minimum absolute atomic E-state index is 0.249. The molecule has 0 aromatic heterocycles. The van der Waals surface area contributed by atoms with E-state index in [9.17, 15) is 23.1 Å². The number of benzene rings is 1. The van der Waals surface area contributed by atoms with Crippen LogP contribution in [0.5, 0.6) is 0 Å². The van der Waals surface area contributed by atoms with E-state index in [4.69, 9.17) is 0 Å². The van der Waals surface area contributed by atoms with E-state index in [0.29, 0.717) is 12.3 Å². The number of halogens is 3. The monoisotopic (exact) mass is 286 g/mol. The second-order valence-electron chi connectivity index (χ2n) is 5.40. The zero-order valence-electron chi connectivity index (χ0n) is 11.0.